The van der Waals surface area contributed by atoms with Crippen molar-refractivity contribution >= 4 is 21.8 Å². The van der Waals surface area contributed by atoms with Crippen molar-refractivity contribution in [1.29, 1.82) is 0 Å². The molecule has 1 aromatic rings. The fraction of sp³-hybridized carbons (Fsp3) is 0.462. The molecule has 1 heterocycles. The zero-order chi connectivity index (χ0) is 12.3. The first kappa shape index (κ1) is 12.6. The van der Waals surface area contributed by atoms with Crippen LogP contribution in [-0.4, -0.2) is 17.3 Å². The number of amides is 1. The van der Waals surface area contributed by atoms with E-state index in [1.807, 2.05) is 18.2 Å². The van der Waals surface area contributed by atoms with E-state index < -0.39 is 0 Å². The van der Waals surface area contributed by atoms with Gasteiger partial charge in [-0.15, -0.1) is 0 Å². The van der Waals surface area contributed by atoms with E-state index in [4.69, 9.17) is 4.74 Å². The third kappa shape index (κ3) is 3.30. The molecule has 1 amide bonds. The quantitative estimate of drug-likeness (QED) is 0.868. The Balaban J connectivity index is 1.95. The van der Waals surface area contributed by atoms with Crippen LogP contribution in [0.25, 0.3) is 0 Å². The van der Waals surface area contributed by atoms with Gasteiger partial charge in [-0.05, 0) is 29.7 Å². The van der Waals surface area contributed by atoms with Crippen molar-refractivity contribution in [2.75, 3.05) is 6.54 Å². The molecule has 0 aromatic heterocycles. The van der Waals surface area contributed by atoms with Crippen LogP contribution in [0, 0.1) is 0 Å². The zero-order valence-corrected chi connectivity index (χ0v) is 11.4. The van der Waals surface area contributed by atoms with E-state index in [-0.39, 0.29) is 5.91 Å². The maximum absolute atomic E-state index is 11.9. The van der Waals surface area contributed by atoms with Crippen LogP contribution >= 0.6 is 15.9 Å². The summed E-state index contributed by atoms with van der Waals surface area (Å²) in [6, 6.07) is 5.76. The minimum Gasteiger partial charge on any atom is -0.372 e. The van der Waals surface area contributed by atoms with E-state index in [1.165, 1.54) is 5.56 Å². The lowest BCUT2D eigenvalue weighted by Crippen LogP contribution is -2.25. The first-order valence-corrected chi connectivity index (χ1v) is 6.70. The summed E-state index contributed by atoms with van der Waals surface area (Å²) in [5.41, 5.74) is 3.04. The van der Waals surface area contributed by atoms with Gasteiger partial charge in [0.15, 0.2) is 0 Å². The smallest absolute Gasteiger partial charge is 0.251 e. The minimum atomic E-state index is -0.00662. The molecule has 0 saturated heterocycles. The van der Waals surface area contributed by atoms with Gasteiger partial charge in [-0.2, -0.15) is 0 Å². The summed E-state index contributed by atoms with van der Waals surface area (Å²) in [6.45, 7) is 4.05. The Bertz CT molecular complexity index is 418. The first-order valence-electron chi connectivity index (χ1n) is 5.78. The van der Waals surface area contributed by atoms with Gasteiger partial charge in [0, 0.05) is 16.9 Å². The van der Waals surface area contributed by atoms with E-state index in [0.29, 0.717) is 24.6 Å². The van der Waals surface area contributed by atoms with Gasteiger partial charge in [0.05, 0.1) is 13.2 Å². The Morgan fingerprint density at radius 3 is 3.00 bits per heavy atom. The fourth-order valence-corrected chi connectivity index (χ4v) is 2.03. The molecule has 1 aliphatic rings. The van der Waals surface area contributed by atoms with Crippen LogP contribution in [-0.2, 0) is 18.0 Å². The summed E-state index contributed by atoms with van der Waals surface area (Å²) < 4.78 is 5.32. The molecule has 4 heteroatoms. The summed E-state index contributed by atoms with van der Waals surface area (Å²) in [6.07, 6.45) is 0.930. The Labute approximate surface area is 110 Å². The van der Waals surface area contributed by atoms with E-state index in [2.05, 4.69) is 28.2 Å². The summed E-state index contributed by atoms with van der Waals surface area (Å²) >= 11 is 3.45. The van der Waals surface area contributed by atoms with Gasteiger partial charge in [0.2, 0.25) is 0 Å². The molecule has 0 bridgehead atoms. The highest BCUT2D eigenvalue weighted by molar-refractivity contribution is 9.09. The zero-order valence-electron chi connectivity index (χ0n) is 9.83. The molecule has 0 spiro atoms. The Kier molecular flexibility index (Phi) is 4.18. The number of hydrogen-bond donors (Lipinski definition) is 1. The average molecular weight is 298 g/mol. The predicted octanol–water partition coefficient (Wildman–Crippen LogP) is 2.62. The van der Waals surface area contributed by atoms with E-state index in [9.17, 15) is 4.79 Å². The summed E-state index contributed by atoms with van der Waals surface area (Å²) in [4.78, 5) is 12.3. The maximum Gasteiger partial charge on any atom is 0.251 e. The van der Waals surface area contributed by atoms with Crippen molar-refractivity contribution in [2.45, 2.75) is 31.4 Å². The number of carbonyl (C=O) groups excluding carboxylic acids is 1. The Morgan fingerprint density at radius 2 is 2.24 bits per heavy atom. The fourth-order valence-electron chi connectivity index (χ4n) is 1.80. The lowest BCUT2D eigenvalue weighted by atomic mass is 10.1. The van der Waals surface area contributed by atoms with Crippen molar-refractivity contribution in [1.82, 2.24) is 5.32 Å². The van der Waals surface area contributed by atoms with Gasteiger partial charge in [-0.1, -0.05) is 28.9 Å². The number of alkyl halides is 1. The van der Waals surface area contributed by atoms with Crippen molar-refractivity contribution in [3.05, 3.63) is 34.9 Å². The lowest BCUT2D eigenvalue weighted by molar-refractivity contribution is 0.0953. The molecule has 2 rings (SSSR count). The molecule has 17 heavy (non-hydrogen) atoms. The molecule has 0 aliphatic carbocycles. The van der Waals surface area contributed by atoms with Crippen molar-refractivity contribution < 1.29 is 9.53 Å². The summed E-state index contributed by atoms with van der Waals surface area (Å²) in [5.74, 6) is -0.00662. The molecule has 1 unspecified atom stereocenters. The Hall–Kier alpha value is -0.870. The number of ether oxygens (including phenoxy) is 1. The molecule has 1 aliphatic heterocycles. The standard InChI is InChI=1S/C13H16BrNO2/c1-9(14)4-5-15-13(16)10-2-3-11-7-17-8-12(11)6-10/h2-3,6,9H,4-5,7-8H2,1H3,(H,15,16). The molecule has 1 aromatic carbocycles. The van der Waals surface area contributed by atoms with E-state index in [1.54, 1.807) is 0 Å². The van der Waals surface area contributed by atoms with Crippen LogP contribution in [0.3, 0.4) is 0 Å². The highest BCUT2D eigenvalue weighted by atomic mass is 79.9. The number of halogens is 1. The number of carbonyl (C=O) groups is 1. The van der Waals surface area contributed by atoms with Gasteiger partial charge in [0.25, 0.3) is 5.91 Å². The second-order valence-corrected chi connectivity index (χ2v) is 5.86. The predicted molar refractivity (Wildman–Crippen MR) is 70.3 cm³/mol. The third-order valence-corrected chi connectivity index (χ3v) is 3.27. The molecule has 0 radical (unpaired) electrons. The highest BCUT2D eigenvalue weighted by Gasteiger charge is 2.14. The molecule has 92 valence electrons. The van der Waals surface area contributed by atoms with Gasteiger partial charge in [-0.25, -0.2) is 0 Å². The maximum atomic E-state index is 11.9. The Morgan fingerprint density at radius 1 is 1.47 bits per heavy atom. The first-order chi connectivity index (χ1) is 8.16. The molecule has 1 atom stereocenters. The molecule has 3 nitrogen and oxygen atoms in total. The van der Waals surface area contributed by atoms with E-state index >= 15 is 0 Å². The molecular formula is C13H16BrNO2. The third-order valence-electron chi connectivity index (χ3n) is 2.81. The SMILES string of the molecule is CC(Br)CCNC(=O)c1ccc2c(c1)COC2. The van der Waals surface area contributed by atoms with Crippen LogP contribution < -0.4 is 5.32 Å². The summed E-state index contributed by atoms with van der Waals surface area (Å²) in [5, 5.41) is 2.91. The number of rotatable bonds is 4. The molecule has 1 N–H and O–H groups in total. The normalized spacial score (nSPS) is 15.4. The van der Waals surface area contributed by atoms with Gasteiger partial charge in [0.1, 0.15) is 0 Å². The number of hydrogen-bond acceptors (Lipinski definition) is 2. The summed E-state index contributed by atoms with van der Waals surface area (Å²) in [7, 11) is 0. The monoisotopic (exact) mass is 297 g/mol. The van der Waals surface area contributed by atoms with Crippen molar-refractivity contribution in [3.63, 3.8) is 0 Å². The van der Waals surface area contributed by atoms with E-state index in [0.717, 1.165) is 17.5 Å². The van der Waals surface area contributed by atoms with Gasteiger partial charge in [-0.3, -0.25) is 4.79 Å². The van der Waals surface area contributed by atoms with Crippen LogP contribution in [0.15, 0.2) is 18.2 Å². The second-order valence-electron chi connectivity index (χ2n) is 4.30. The average Bonchev–Trinajstić information content (AvgIpc) is 2.75. The van der Waals surface area contributed by atoms with Crippen LogP contribution in [0.1, 0.15) is 34.8 Å². The minimum absolute atomic E-state index is 0.00662. The van der Waals surface area contributed by atoms with Crippen molar-refractivity contribution in [3.8, 4) is 0 Å². The lowest BCUT2D eigenvalue weighted by Gasteiger charge is -2.07. The second kappa shape index (κ2) is 5.65. The topological polar surface area (TPSA) is 38.3 Å². The number of benzene rings is 1. The van der Waals surface area contributed by atoms with Crippen molar-refractivity contribution in [2.24, 2.45) is 0 Å². The number of nitrogens with one attached hydrogen (secondary N) is 1. The molecule has 0 fully saturated rings. The van der Waals surface area contributed by atoms with Gasteiger partial charge < -0.3 is 10.1 Å². The molecular weight excluding hydrogens is 282 g/mol. The van der Waals surface area contributed by atoms with Gasteiger partial charge >= 0.3 is 0 Å². The largest absolute Gasteiger partial charge is 0.372 e. The highest BCUT2D eigenvalue weighted by Crippen LogP contribution is 2.20. The van der Waals surface area contributed by atoms with Crippen LogP contribution in [0.2, 0.25) is 0 Å². The molecule has 0 saturated carbocycles. The van der Waals surface area contributed by atoms with Crippen LogP contribution in [0.5, 0.6) is 0 Å². The van der Waals surface area contributed by atoms with Crippen LogP contribution in [0.4, 0.5) is 0 Å². The number of fused-ring (bicyclic) bond motifs is 1.